The number of carbonyl (C=O) groups excluding carboxylic acids is 2. The average Bonchev–Trinajstić information content (AvgIpc) is 3.16. The number of carbonyl (C=O) groups is 2. The van der Waals surface area contributed by atoms with Crippen LogP contribution in [0.5, 0.6) is 0 Å². The number of methoxy groups -OCH3 is 1. The predicted octanol–water partition coefficient (Wildman–Crippen LogP) is 6.48. The molecule has 5 heteroatoms. The van der Waals surface area contributed by atoms with Gasteiger partial charge in [-0.15, -0.1) is 0 Å². The topological polar surface area (TPSA) is 57.5 Å². The average molecular weight is 460 g/mol. The third-order valence-corrected chi connectivity index (χ3v) is 5.86. The molecule has 0 unspecified atom stereocenters. The van der Waals surface area contributed by atoms with Crippen LogP contribution in [0.15, 0.2) is 66.8 Å². The molecule has 0 aliphatic heterocycles. The highest BCUT2D eigenvalue weighted by Crippen LogP contribution is 2.26. The van der Waals surface area contributed by atoms with E-state index in [1.54, 1.807) is 6.07 Å². The molecular formula is C29H33NO4. The minimum atomic E-state index is -0.339. The van der Waals surface area contributed by atoms with Gasteiger partial charge in [-0.3, -0.25) is 0 Å². The number of benzene rings is 2. The van der Waals surface area contributed by atoms with Gasteiger partial charge in [0.15, 0.2) is 0 Å². The van der Waals surface area contributed by atoms with Gasteiger partial charge in [0.1, 0.15) is 0 Å². The van der Waals surface area contributed by atoms with Crippen molar-refractivity contribution in [3.05, 3.63) is 89.1 Å². The highest BCUT2D eigenvalue weighted by molar-refractivity contribution is 6.05. The molecule has 178 valence electrons. The molecule has 0 fully saturated rings. The maximum Gasteiger partial charge on any atom is 0.338 e. The normalized spacial score (nSPS) is 11.5. The first-order chi connectivity index (χ1) is 16.4. The van der Waals surface area contributed by atoms with Crippen LogP contribution in [0.2, 0.25) is 0 Å². The Bertz CT molecular complexity index is 1210. The third kappa shape index (κ3) is 5.66. The van der Waals surface area contributed by atoms with Crippen molar-refractivity contribution in [2.75, 3.05) is 13.7 Å². The number of unbranched alkanes of at least 4 members (excludes halogenated alkanes) is 1. The van der Waals surface area contributed by atoms with Crippen LogP contribution in [0.3, 0.4) is 0 Å². The van der Waals surface area contributed by atoms with Crippen molar-refractivity contribution in [3.63, 3.8) is 0 Å². The Labute approximate surface area is 201 Å². The molecule has 5 nitrogen and oxygen atoms in total. The molecule has 3 rings (SSSR count). The van der Waals surface area contributed by atoms with Gasteiger partial charge in [0.25, 0.3) is 0 Å². The van der Waals surface area contributed by atoms with Gasteiger partial charge in [-0.1, -0.05) is 57.2 Å². The van der Waals surface area contributed by atoms with Gasteiger partial charge in [0, 0.05) is 23.1 Å². The van der Waals surface area contributed by atoms with E-state index >= 15 is 0 Å². The lowest BCUT2D eigenvalue weighted by molar-refractivity contribution is -0.138. The summed E-state index contributed by atoms with van der Waals surface area (Å²) in [4.78, 5) is 24.4. The van der Waals surface area contributed by atoms with E-state index in [1.165, 1.54) is 7.11 Å². The van der Waals surface area contributed by atoms with Crippen LogP contribution in [-0.2, 0) is 20.8 Å². The molecule has 2 aromatic carbocycles. The smallest absolute Gasteiger partial charge is 0.338 e. The van der Waals surface area contributed by atoms with Crippen molar-refractivity contribution in [1.29, 1.82) is 0 Å². The Balaban J connectivity index is 1.79. The van der Waals surface area contributed by atoms with Crippen molar-refractivity contribution in [2.24, 2.45) is 0 Å². The molecule has 3 aromatic rings. The van der Waals surface area contributed by atoms with E-state index < -0.39 is 0 Å². The standard InChI is InChI=1S/C29H33NO4/c1-6-8-16-34-29(32)26(9-7-2)21(4)23-12-10-22(11-13-23)19-30-20(3)17-25-18-24(28(31)33-5)14-15-27(25)30/h9-15,17-18H,4,6-8,16,19H2,1-3,5H3/b26-9+. The van der Waals surface area contributed by atoms with E-state index in [9.17, 15) is 9.59 Å². The maximum absolute atomic E-state index is 12.6. The Morgan fingerprint density at radius 3 is 2.38 bits per heavy atom. The third-order valence-electron chi connectivity index (χ3n) is 5.86. The Kier molecular flexibility index (Phi) is 8.47. The van der Waals surface area contributed by atoms with Crippen molar-refractivity contribution in [1.82, 2.24) is 4.57 Å². The lowest BCUT2D eigenvalue weighted by Gasteiger charge is -2.13. The number of hydrogen-bond donors (Lipinski definition) is 0. The van der Waals surface area contributed by atoms with Crippen LogP contribution in [0.1, 0.15) is 60.3 Å². The van der Waals surface area contributed by atoms with Gasteiger partial charge in [0.05, 0.1) is 24.9 Å². The fourth-order valence-corrected chi connectivity index (χ4v) is 3.93. The fraction of sp³-hybridized carbons (Fsp3) is 0.310. The van der Waals surface area contributed by atoms with Crippen molar-refractivity contribution >= 4 is 28.4 Å². The number of aromatic nitrogens is 1. The van der Waals surface area contributed by atoms with Gasteiger partial charge in [-0.05, 0) is 60.7 Å². The Hall–Kier alpha value is -3.60. The van der Waals surface area contributed by atoms with Gasteiger partial charge in [-0.2, -0.15) is 0 Å². The van der Waals surface area contributed by atoms with Crippen LogP contribution in [0, 0.1) is 6.92 Å². The molecule has 0 aliphatic rings. The lowest BCUT2D eigenvalue weighted by Crippen LogP contribution is -2.10. The summed E-state index contributed by atoms with van der Waals surface area (Å²) in [7, 11) is 1.39. The number of fused-ring (bicyclic) bond motifs is 1. The second-order valence-corrected chi connectivity index (χ2v) is 8.33. The predicted molar refractivity (Wildman–Crippen MR) is 137 cm³/mol. The van der Waals surface area contributed by atoms with E-state index in [-0.39, 0.29) is 11.9 Å². The molecule has 0 amide bonds. The van der Waals surface area contributed by atoms with Gasteiger partial charge in [-0.25, -0.2) is 9.59 Å². The molecule has 0 aliphatic carbocycles. The van der Waals surface area contributed by atoms with Crippen LogP contribution >= 0.6 is 0 Å². The molecule has 0 saturated carbocycles. The van der Waals surface area contributed by atoms with Crippen LogP contribution < -0.4 is 0 Å². The van der Waals surface area contributed by atoms with E-state index in [2.05, 4.69) is 43.2 Å². The fourth-order valence-electron chi connectivity index (χ4n) is 3.93. The summed E-state index contributed by atoms with van der Waals surface area (Å²) >= 11 is 0. The molecular weight excluding hydrogens is 426 g/mol. The maximum atomic E-state index is 12.6. The number of hydrogen-bond acceptors (Lipinski definition) is 4. The first-order valence-electron chi connectivity index (χ1n) is 11.7. The van der Waals surface area contributed by atoms with Crippen LogP contribution in [0.4, 0.5) is 0 Å². The first kappa shape index (κ1) is 25.0. The summed E-state index contributed by atoms with van der Waals surface area (Å²) in [6.45, 7) is 11.4. The molecule has 1 aromatic heterocycles. The molecule has 0 N–H and O–H groups in total. The summed E-state index contributed by atoms with van der Waals surface area (Å²) < 4.78 is 12.5. The van der Waals surface area contributed by atoms with Gasteiger partial charge >= 0.3 is 11.9 Å². The number of rotatable bonds is 10. The lowest BCUT2D eigenvalue weighted by atomic mass is 9.97. The summed E-state index contributed by atoms with van der Waals surface area (Å²) in [6, 6.07) is 15.8. The van der Waals surface area contributed by atoms with Gasteiger partial charge < -0.3 is 14.0 Å². The summed E-state index contributed by atoms with van der Waals surface area (Å²) in [5.74, 6) is -0.654. The zero-order valence-electron chi connectivity index (χ0n) is 20.5. The molecule has 34 heavy (non-hydrogen) atoms. The SMILES string of the molecule is C=C(/C(=C\CC)C(=O)OCCCC)c1ccc(Cn2c(C)cc3cc(C(=O)OC)ccc32)cc1. The zero-order chi connectivity index (χ0) is 24.7. The molecule has 1 heterocycles. The van der Waals surface area contributed by atoms with Crippen molar-refractivity contribution < 1.29 is 19.1 Å². The van der Waals surface area contributed by atoms with Gasteiger partial charge in [0.2, 0.25) is 0 Å². The van der Waals surface area contributed by atoms with E-state index in [0.717, 1.165) is 47.0 Å². The van der Waals surface area contributed by atoms with Crippen LogP contribution in [0.25, 0.3) is 16.5 Å². The number of esters is 2. The Morgan fingerprint density at radius 1 is 1.03 bits per heavy atom. The molecule has 0 saturated heterocycles. The molecule has 0 radical (unpaired) electrons. The number of aryl methyl sites for hydroxylation is 1. The number of nitrogens with zero attached hydrogens (tertiary/aromatic N) is 1. The highest BCUT2D eigenvalue weighted by atomic mass is 16.5. The van der Waals surface area contributed by atoms with E-state index in [4.69, 9.17) is 9.47 Å². The summed E-state index contributed by atoms with van der Waals surface area (Å²) in [6.07, 6.45) is 4.43. The van der Waals surface area contributed by atoms with Crippen molar-refractivity contribution in [3.8, 4) is 0 Å². The first-order valence-corrected chi connectivity index (χ1v) is 11.7. The second kappa shape index (κ2) is 11.5. The molecule has 0 atom stereocenters. The zero-order valence-corrected chi connectivity index (χ0v) is 20.5. The largest absolute Gasteiger partial charge is 0.465 e. The minimum absolute atomic E-state index is 0.315. The van der Waals surface area contributed by atoms with Crippen molar-refractivity contribution in [2.45, 2.75) is 46.6 Å². The quantitative estimate of drug-likeness (QED) is 0.151. The molecule has 0 spiro atoms. The minimum Gasteiger partial charge on any atom is -0.465 e. The van der Waals surface area contributed by atoms with E-state index in [0.29, 0.717) is 29.9 Å². The molecule has 0 bridgehead atoms. The second-order valence-electron chi connectivity index (χ2n) is 8.33. The summed E-state index contributed by atoms with van der Waals surface area (Å²) in [5.41, 5.74) is 5.93. The number of allylic oxidation sites excluding steroid dienone is 1. The Morgan fingerprint density at radius 2 is 1.74 bits per heavy atom. The monoisotopic (exact) mass is 459 g/mol. The van der Waals surface area contributed by atoms with E-state index in [1.807, 2.05) is 37.3 Å². The highest BCUT2D eigenvalue weighted by Gasteiger charge is 2.16. The van der Waals surface area contributed by atoms with Crippen LogP contribution in [-0.4, -0.2) is 30.2 Å². The number of ether oxygens (including phenoxy) is 2. The summed E-state index contributed by atoms with van der Waals surface area (Å²) in [5, 5.41) is 1.00.